The molecule has 0 N–H and O–H groups in total. The number of carbonyl (C=O) groups is 1. The van der Waals surface area contributed by atoms with E-state index < -0.39 is 0 Å². The molecule has 2 aromatic rings. The number of aromatic nitrogens is 1. The molecule has 1 fully saturated rings. The van der Waals surface area contributed by atoms with Crippen LogP contribution in [0.5, 0.6) is 0 Å². The van der Waals surface area contributed by atoms with Gasteiger partial charge in [0.25, 0.3) is 0 Å². The Morgan fingerprint density at radius 3 is 2.77 bits per heavy atom. The summed E-state index contributed by atoms with van der Waals surface area (Å²) in [6, 6.07) is 10.6. The number of rotatable bonds is 2. The lowest BCUT2D eigenvalue weighted by Gasteiger charge is -2.31. The molecule has 1 aliphatic heterocycles. The van der Waals surface area contributed by atoms with Crippen molar-refractivity contribution in [3.05, 3.63) is 54.1 Å². The summed E-state index contributed by atoms with van der Waals surface area (Å²) >= 11 is 0. The first kappa shape index (κ1) is 14.7. The van der Waals surface area contributed by atoms with E-state index in [0.717, 1.165) is 37.2 Å². The maximum atomic E-state index is 13.8. The predicted molar refractivity (Wildman–Crippen MR) is 83.9 cm³/mol. The van der Waals surface area contributed by atoms with E-state index in [-0.39, 0.29) is 17.6 Å². The van der Waals surface area contributed by atoms with Gasteiger partial charge in [0.2, 0.25) is 5.91 Å². The van der Waals surface area contributed by atoms with E-state index in [9.17, 15) is 9.18 Å². The van der Waals surface area contributed by atoms with E-state index in [1.54, 1.807) is 25.3 Å². The van der Waals surface area contributed by atoms with Gasteiger partial charge in [0.15, 0.2) is 0 Å². The number of likely N-dealkylation sites (tertiary alicyclic amines) is 1. The van der Waals surface area contributed by atoms with Crippen LogP contribution in [0.15, 0.2) is 42.6 Å². The van der Waals surface area contributed by atoms with Crippen LogP contribution < -0.4 is 0 Å². The molecule has 114 valence electrons. The molecule has 0 saturated carbocycles. The van der Waals surface area contributed by atoms with E-state index in [0.29, 0.717) is 5.56 Å². The molecule has 3 nitrogen and oxygen atoms in total. The molecule has 0 aliphatic carbocycles. The molecule has 0 bridgehead atoms. The van der Waals surface area contributed by atoms with Crippen molar-refractivity contribution in [1.29, 1.82) is 0 Å². The Bertz CT molecular complexity index is 669. The van der Waals surface area contributed by atoms with Crippen LogP contribution in [0.3, 0.4) is 0 Å². The molecule has 1 atom stereocenters. The highest BCUT2D eigenvalue weighted by Crippen LogP contribution is 2.28. The number of hydrogen-bond donors (Lipinski definition) is 0. The number of halogens is 1. The van der Waals surface area contributed by atoms with Crippen molar-refractivity contribution in [2.24, 2.45) is 0 Å². The van der Waals surface area contributed by atoms with Crippen molar-refractivity contribution in [3.8, 4) is 11.1 Å². The van der Waals surface area contributed by atoms with Gasteiger partial charge in [0, 0.05) is 48.9 Å². The highest BCUT2D eigenvalue weighted by Gasteiger charge is 2.23. The van der Waals surface area contributed by atoms with Gasteiger partial charge in [-0.1, -0.05) is 24.3 Å². The summed E-state index contributed by atoms with van der Waals surface area (Å²) in [5, 5.41) is 0. The normalized spacial score (nSPS) is 18.3. The lowest BCUT2D eigenvalue weighted by atomic mass is 9.93. The number of carbonyl (C=O) groups excluding carboxylic acids is 1. The van der Waals surface area contributed by atoms with E-state index >= 15 is 0 Å². The predicted octanol–water partition coefficient (Wildman–Crippen LogP) is 3.61. The van der Waals surface area contributed by atoms with Crippen molar-refractivity contribution >= 4 is 5.91 Å². The fourth-order valence-corrected chi connectivity index (χ4v) is 3.01. The van der Waals surface area contributed by atoms with Crippen molar-refractivity contribution in [1.82, 2.24) is 9.88 Å². The lowest BCUT2D eigenvalue weighted by molar-refractivity contribution is -0.130. The fourth-order valence-electron chi connectivity index (χ4n) is 3.01. The van der Waals surface area contributed by atoms with Crippen molar-refractivity contribution in [2.45, 2.75) is 25.7 Å². The first-order valence-electron chi connectivity index (χ1n) is 7.61. The Morgan fingerprint density at radius 2 is 2.09 bits per heavy atom. The van der Waals surface area contributed by atoms with E-state index in [1.165, 1.54) is 6.07 Å². The molecule has 0 spiro atoms. The van der Waals surface area contributed by atoms with Gasteiger partial charge >= 0.3 is 0 Å². The molecule has 0 radical (unpaired) electrons. The first-order chi connectivity index (χ1) is 10.6. The number of piperidine rings is 1. The molecule has 1 amide bonds. The smallest absolute Gasteiger partial charge is 0.219 e. The van der Waals surface area contributed by atoms with Crippen molar-refractivity contribution < 1.29 is 9.18 Å². The lowest BCUT2D eigenvalue weighted by Crippen LogP contribution is -2.37. The fraction of sp³-hybridized carbons (Fsp3) is 0.333. The summed E-state index contributed by atoms with van der Waals surface area (Å²) in [5.74, 6) is 0.150. The highest BCUT2D eigenvalue weighted by molar-refractivity contribution is 5.73. The van der Waals surface area contributed by atoms with E-state index in [2.05, 4.69) is 4.98 Å². The largest absolute Gasteiger partial charge is 0.342 e. The third-order valence-electron chi connectivity index (χ3n) is 4.26. The van der Waals surface area contributed by atoms with Crippen LogP contribution in [0.25, 0.3) is 11.1 Å². The third-order valence-corrected chi connectivity index (χ3v) is 4.26. The van der Waals surface area contributed by atoms with Crippen LogP contribution in [0.1, 0.15) is 31.4 Å². The summed E-state index contributed by atoms with van der Waals surface area (Å²) in [7, 11) is 0. The zero-order valence-corrected chi connectivity index (χ0v) is 12.6. The quantitative estimate of drug-likeness (QED) is 0.848. The summed E-state index contributed by atoms with van der Waals surface area (Å²) in [6.07, 6.45) is 3.76. The van der Waals surface area contributed by atoms with Gasteiger partial charge in [0.05, 0.1) is 0 Å². The second kappa shape index (κ2) is 6.26. The van der Waals surface area contributed by atoms with Gasteiger partial charge < -0.3 is 4.90 Å². The first-order valence-corrected chi connectivity index (χ1v) is 7.61. The van der Waals surface area contributed by atoms with Crippen LogP contribution in [0.4, 0.5) is 4.39 Å². The van der Waals surface area contributed by atoms with Gasteiger partial charge in [-0.2, -0.15) is 0 Å². The van der Waals surface area contributed by atoms with Crippen molar-refractivity contribution in [2.75, 3.05) is 13.1 Å². The SMILES string of the molecule is CC(=O)N1CCCC(c2ccc(-c3ccccc3F)cn2)C1. The molecule has 1 aromatic carbocycles. The minimum atomic E-state index is -0.238. The summed E-state index contributed by atoms with van der Waals surface area (Å²) < 4.78 is 13.8. The van der Waals surface area contributed by atoms with Gasteiger partial charge in [0.1, 0.15) is 5.82 Å². The van der Waals surface area contributed by atoms with Gasteiger partial charge in [-0.15, -0.1) is 0 Å². The molecule has 1 aromatic heterocycles. The van der Waals surface area contributed by atoms with E-state index in [4.69, 9.17) is 0 Å². The number of benzene rings is 1. The maximum Gasteiger partial charge on any atom is 0.219 e. The molecule has 1 saturated heterocycles. The molecule has 4 heteroatoms. The number of hydrogen-bond acceptors (Lipinski definition) is 2. The number of pyridine rings is 1. The second-order valence-electron chi connectivity index (χ2n) is 5.76. The Balaban J connectivity index is 1.80. The van der Waals surface area contributed by atoms with Crippen LogP contribution in [-0.4, -0.2) is 28.9 Å². The van der Waals surface area contributed by atoms with Crippen LogP contribution >= 0.6 is 0 Å². The Morgan fingerprint density at radius 1 is 1.27 bits per heavy atom. The summed E-state index contributed by atoms with van der Waals surface area (Å²) in [5.41, 5.74) is 2.32. The minimum Gasteiger partial charge on any atom is -0.342 e. The standard InChI is InChI=1S/C18H19FN2O/c1-13(22)21-10-4-5-15(12-21)18-9-8-14(11-20-18)16-6-2-3-7-17(16)19/h2-3,6-9,11,15H,4-5,10,12H2,1H3. The molecule has 2 heterocycles. The zero-order chi connectivity index (χ0) is 15.5. The summed E-state index contributed by atoms with van der Waals surface area (Å²) in [6.45, 7) is 3.16. The molecule has 22 heavy (non-hydrogen) atoms. The van der Waals surface area contributed by atoms with Crippen molar-refractivity contribution in [3.63, 3.8) is 0 Å². The monoisotopic (exact) mass is 298 g/mol. The average Bonchev–Trinajstić information content (AvgIpc) is 2.56. The molecule has 3 rings (SSSR count). The maximum absolute atomic E-state index is 13.8. The summed E-state index contributed by atoms with van der Waals surface area (Å²) in [4.78, 5) is 17.9. The third kappa shape index (κ3) is 3.01. The van der Waals surface area contributed by atoms with Gasteiger partial charge in [-0.3, -0.25) is 9.78 Å². The Kier molecular flexibility index (Phi) is 4.18. The topological polar surface area (TPSA) is 33.2 Å². The second-order valence-corrected chi connectivity index (χ2v) is 5.76. The van der Waals surface area contributed by atoms with Gasteiger partial charge in [-0.25, -0.2) is 4.39 Å². The molecule has 1 aliphatic rings. The minimum absolute atomic E-state index is 0.118. The van der Waals surface area contributed by atoms with Gasteiger partial charge in [-0.05, 0) is 25.0 Å². The molecular weight excluding hydrogens is 279 g/mol. The Hall–Kier alpha value is -2.23. The van der Waals surface area contributed by atoms with Crippen LogP contribution in [-0.2, 0) is 4.79 Å². The number of nitrogens with zero attached hydrogens (tertiary/aromatic N) is 2. The van der Waals surface area contributed by atoms with Crippen LogP contribution in [0, 0.1) is 5.82 Å². The zero-order valence-electron chi connectivity index (χ0n) is 12.6. The average molecular weight is 298 g/mol. The molecule has 1 unspecified atom stereocenters. The highest BCUT2D eigenvalue weighted by atomic mass is 19.1. The van der Waals surface area contributed by atoms with Crippen LogP contribution in [0.2, 0.25) is 0 Å². The Labute approximate surface area is 129 Å². The number of amides is 1. The molecular formula is C18H19FN2O. The van der Waals surface area contributed by atoms with E-state index in [1.807, 2.05) is 23.1 Å².